The number of tetrazole rings is 1. The molecule has 8 nitrogen and oxygen atoms in total. The highest BCUT2D eigenvalue weighted by molar-refractivity contribution is 5.94. The zero-order chi connectivity index (χ0) is 16.4. The number of ether oxygens (including phenoxy) is 1. The molecular weight excluding hydrogens is 308 g/mol. The van der Waals surface area contributed by atoms with Crippen molar-refractivity contribution in [2.24, 2.45) is 0 Å². The standard InChI is InChI=1S/C16H16N6O2/c23-16(17-12-3-1-2-4-12)11-5-7-13(8-6-11)24-15-10-9-14-18-20-21-22(14)19-15/h5-10,12H,1-4H2,(H,17,23). The second kappa shape index (κ2) is 6.23. The summed E-state index contributed by atoms with van der Waals surface area (Å²) in [6.45, 7) is 0. The molecule has 0 radical (unpaired) electrons. The van der Waals surface area contributed by atoms with Crippen molar-refractivity contribution in [2.75, 3.05) is 0 Å². The third-order valence-electron chi connectivity index (χ3n) is 4.07. The van der Waals surface area contributed by atoms with Gasteiger partial charge in [-0.25, -0.2) is 0 Å². The Labute approximate surface area is 137 Å². The first-order valence-corrected chi connectivity index (χ1v) is 7.92. The molecule has 2 heterocycles. The third-order valence-corrected chi connectivity index (χ3v) is 4.07. The van der Waals surface area contributed by atoms with Crippen molar-refractivity contribution in [3.63, 3.8) is 0 Å². The van der Waals surface area contributed by atoms with E-state index in [1.807, 2.05) is 0 Å². The van der Waals surface area contributed by atoms with E-state index in [0.29, 0.717) is 28.9 Å². The number of nitrogens with one attached hydrogen (secondary N) is 1. The number of carbonyl (C=O) groups is 1. The highest BCUT2D eigenvalue weighted by Crippen LogP contribution is 2.21. The van der Waals surface area contributed by atoms with Crippen molar-refractivity contribution < 1.29 is 9.53 Å². The van der Waals surface area contributed by atoms with E-state index >= 15 is 0 Å². The van der Waals surface area contributed by atoms with Gasteiger partial charge in [0.15, 0.2) is 5.65 Å². The molecule has 0 atom stereocenters. The van der Waals surface area contributed by atoms with Crippen LogP contribution in [0, 0.1) is 0 Å². The van der Waals surface area contributed by atoms with Gasteiger partial charge in [-0.3, -0.25) is 4.79 Å². The lowest BCUT2D eigenvalue weighted by molar-refractivity contribution is 0.0938. The molecule has 1 saturated carbocycles. The predicted octanol–water partition coefficient (Wildman–Crippen LogP) is 1.98. The van der Waals surface area contributed by atoms with Gasteiger partial charge in [-0.2, -0.15) is 0 Å². The Bertz CT molecular complexity index is 854. The molecule has 1 aromatic carbocycles. The molecule has 1 fully saturated rings. The minimum absolute atomic E-state index is 0.0401. The van der Waals surface area contributed by atoms with Crippen LogP contribution in [-0.2, 0) is 0 Å². The van der Waals surface area contributed by atoms with Gasteiger partial charge < -0.3 is 10.1 Å². The Morgan fingerprint density at radius 2 is 1.92 bits per heavy atom. The Hall–Kier alpha value is -3.03. The molecule has 8 heteroatoms. The van der Waals surface area contributed by atoms with Crippen LogP contribution in [0.3, 0.4) is 0 Å². The maximum absolute atomic E-state index is 12.2. The van der Waals surface area contributed by atoms with Crippen LogP contribution in [0.15, 0.2) is 36.4 Å². The Balaban J connectivity index is 1.43. The highest BCUT2D eigenvalue weighted by atomic mass is 16.5. The first-order valence-electron chi connectivity index (χ1n) is 7.92. The number of fused-ring (bicyclic) bond motifs is 1. The van der Waals surface area contributed by atoms with Crippen LogP contribution >= 0.6 is 0 Å². The number of hydrogen-bond donors (Lipinski definition) is 1. The Morgan fingerprint density at radius 1 is 1.12 bits per heavy atom. The van der Waals surface area contributed by atoms with E-state index in [0.717, 1.165) is 12.8 Å². The van der Waals surface area contributed by atoms with Crippen LogP contribution in [0.2, 0.25) is 0 Å². The first-order chi connectivity index (χ1) is 11.8. The molecule has 24 heavy (non-hydrogen) atoms. The predicted molar refractivity (Wildman–Crippen MR) is 84.8 cm³/mol. The quantitative estimate of drug-likeness (QED) is 0.788. The third kappa shape index (κ3) is 3.03. The Morgan fingerprint density at radius 3 is 2.71 bits per heavy atom. The van der Waals surface area contributed by atoms with Crippen molar-refractivity contribution >= 4 is 11.6 Å². The molecule has 0 aliphatic heterocycles. The van der Waals surface area contributed by atoms with Crippen molar-refractivity contribution in [2.45, 2.75) is 31.7 Å². The second-order valence-electron chi connectivity index (χ2n) is 5.78. The molecule has 0 unspecified atom stereocenters. The molecule has 0 saturated heterocycles. The summed E-state index contributed by atoms with van der Waals surface area (Å²) in [5.74, 6) is 0.923. The summed E-state index contributed by atoms with van der Waals surface area (Å²) in [4.78, 5) is 12.2. The fourth-order valence-corrected chi connectivity index (χ4v) is 2.82. The fraction of sp³-hybridized carbons (Fsp3) is 0.312. The lowest BCUT2D eigenvalue weighted by atomic mass is 10.1. The van der Waals surface area contributed by atoms with E-state index in [4.69, 9.17) is 4.74 Å². The maximum atomic E-state index is 12.2. The molecule has 1 amide bonds. The van der Waals surface area contributed by atoms with Gasteiger partial charge in [0.1, 0.15) is 5.75 Å². The molecule has 1 aliphatic carbocycles. The van der Waals surface area contributed by atoms with E-state index in [2.05, 4.69) is 25.9 Å². The van der Waals surface area contributed by atoms with E-state index in [9.17, 15) is 4.79 Å². The summed E-state index contributed by atoms with van der Waals surface area (Å²) in [5, 5.41) is 18.2. The van der Waals surface area contributed by atoms with Gasteiger partial charge in [0.05, 0.1) is 0 Å². The number of rotatable bonds is 4. The van der Waals surface area contributed by atoms with Gasteiger partial charge >= 0.3 is 0 Å². The summed E-state index contributed by atoms with van der Waals surface area (Å²) in [7, 11) is 0. The van der Waals surface area contributed by atoms with Crippen LogP contribution in [0.4, 0.5) is 0 Å². The van der Waals surface area contributed by atoms with Crippen LogP contribution in [-0.4, -0.2) is 37.2 Å². The van der Waals surface area contributed by atoms with E-state index in [-0.39, 0.29) is 5.91 Å². The minimum atomic E-state index is -0.0401. The average molecular weight is 324 g/mol. The molecule has 2 aromatic heterocycles. The van der Waals surface area contributed by atoms with Crippen molar-refractivity contribution in [1.82, 2.24) is 30.6 Å². The number of aromatic nitrogens is 5. The SMILES string of the molecule is O=C(NC1CCCC1)c1ccc(Oc2ccc3nnnn3n2)cc1. The zero-order valence-electron chi connectivity index (χ0n) is 12.9. The molecule has 3 aromatic rings. The van der Waals surface area contributed by atoms with E-state index in [1.165, 1.54) is 17.5 Å². The summed E-state index contributed by atoms with van der Waals surface area (Å²) in [5.41, 5.74) is 1.17. The van der Waals surface area contributed by atoms with Gasteiger partial charge in [-0.1, -0.05) is 12.8 Å². The minimum Gasteiger partial charge on any atom is -0.438 e. The van der Waals surface area contributed by atoms with Crippen molar-refractivity contribution in [3.8, 4) is 11.6 Å². The summed E-state index contributed by atoms with van der Waals surface area (Å²) < 4.78 is 6.96. The number of nitrogens with zero attached hydrogens (tertiary/aromatic N) is 5. The van der Waals surface area contributed by atoms with E-state index in [1.54, 1.807) is 36.4 Å². The smallest absolute Gasteiger partial charge is 0.251 e. The van der Waals surface area contributed by atoms with Crippen LogP contribution < -0.4 is 10.1 Å². The van der Waals surface area contributed by atoms with Gasteiger partial charge in [0, 0.05) is 17.7 Å². The lowest BCUT2D eigenvalue weighted by Crippen LogP contribution is -2.32. The summed E-state index contributed by atoms with van der Waals surface area (Å²) in [6, 6.07) is 10.7. The number of hydrogen-bond acceptors (Lipinski definition) is 6. The topological polar surface area (TPSA) is 94.3 Å². The first kappa shape index (κ1) is 14.6. The largest absolute Gasteiger partial charge is 0.438 e. The van der Waals surface area contributed by atoms with Gasteiger partial charge in [-0.15, -0.1) is 14.8 Å². The van der Waals surface area contributed by atoms with Gasteiger partial charge in [-0.05, 0) is 53.6 Å². The zero-order valence-corrected chi connectivity index (χ0v) is 12.9. The van der Waals surface area contributed by atoms with Crippen molar-refractivity contribution in [1.29, 1.82) is 0 Å². The van der Waals surface area contributed by atoms with Crippen LogP contribution in [0.5, 0.6) is 11.6 Å². The molecule has 0 spiro atoms. The summed E-state index contributed by atoms with van der Waals surface area (Å²) in [6.07, 6.45) is 4.52. The van der Waals surface area contributed by atoms with Gasteiger partial charge in [0.25, 0.3) is 5.91 Å². The number of carbonyl (C=O) groups excluding carboxylic acids is 1. The maximum Gasteiger partial charge on any atom is 0.251 e. The normalized spacial score (nSPS) is 14.8. The second-order valence-corrected chi connectivity index (χ2v) is 5.78. The molecule has 4 rings (SSSR count). The molecular formula is C16H16N6O2. The molecule has 0 bridgehead atoms. The summed E-state index contributed by atoms with van der Waals surface area (Å²) >= 11 is 0. The Kier molecular flexibility index (Phi) is 3.78. The van der Waals surface area contributed by atoms with Crippen LogP contribution in [0.25, 0.3) is 5.65 Å². The fourth-order valence-electron chi connectivity index (χ4n) is 2.82. The number of amides is 1. The van der Waals surface area contributed by atoms with Crippen LogP contribution in [0.1, 0.15) is 36.0 Å². The van der Waals surface area contributed by atoms with Crippen molar-refractivity contribution in [3.05, 3.63) is 42.0 Å². The average Bonchev–Trinajstić information content (AvgIpc) is 3.26. The lowest BCUT2D eigenvalue weighted by Gasteiger charge is -2.12. The molecule has 1 N–H and O–H groups in total. The van der Waals surface area contributed by atoms with Gasteiger partial charge in [0.2, 0.25) is 5.88 Å². The monoisotopic (exact) mass is 324 g/mol. The number of benzene rings is 1. The van der Waals surface area contributed by atoms with E-state index < -0.39 is 0 Å². The highest BCUT2D eigenvalue weighted by Gasteiger charge is 2.17. The molecule has 1 aliphatic rings. The molecule has 122 valence electrons.